The molecule has 0 unspecified atom stereocenters. The van der Waals surface area contributed by atoms with Crippen LogP contribution in [-0.2, 0) is 11.3 Å². The summed E-state index contributed by atoms with van der Waals surface area (Å²) in [6.07, 6.45) is 2.67. The Morgan fingerprint density at radius 3 is 2.62 bits per heavy atom. The molecule has 0 saturated heterocycles. The van der Waals surface area contributed by atoms with Gasteiger partial charge in [0.1, 0.15) is 5.75 Å². The molecule has 1 amide bonds. The molecular weight excluding hydrogens is 422 g/mol. The zero-order valence-electron chi connectivity index (χ0n) is 18.5. The monoisotopic (exact) mass is 451 g/mol. The number of nitrogens with one attached hydrogen (secondary N) is 1. The van der Waals surface area contributed by atoms with Crippen molar-refractivity contribution in [1.82, 2.24) is 20.1 Å². The van der Waals surface area contributed by atoms with Crippen LogP contribution in [0, 0.1) is 0 Å². The molecule has 8 heteroatoms. The van der Waals surface area contributed by atoms with Gasteiger partial charge in [0.05, 0.1) is 12.9 Å². The number of rotatable bonds is 12. The number of hydrogen-bond acceptors (Lipinski definition) is 6. The largest absolute Gasteiger partial charge is 0.497 e. The maximum Gasteiger partial charge on any atom is 0.230 e. The molecule has 0 fully saturated rings. The molecule has 0 saturated carbocycles. The van der Waals surface area contributed by atoms with E-state index in [9.17, 15) is 4.79 Å². The van der Waals surface area contributed by atoms with Crippen molar-refractivity contribution in [2.24, 2.45) is 0 Å². The molecule has 32 heavy (non-hydrogen) atoms. The van der Waals surface area contributed by atoms with Gasteiger partial charge in [-0.3, -0.25) is 9.36 Å². The predicted octanol–water partition coefficient (Wildman–Crippen LogP) is 3.87. The van der Waals surface area contributed by atoms with Gasteiger partial charge >= 0.3 is 0 Å². The molecule has 168 valence electrons. The third-order valence-electron chi connectivity index (χ3n) is 4.90. The van der Waals surface area contributed by atoms with Crippen molar-refractivity contribution in [2.45, 2.75) is 18.1 Å². The first-order valence-electron chi connectivity index (χ1n) is 10.5. The molecular formula is C24H29N5O2S. The van der Waals surface area contributed by atoms with Crippen molar-refractivity contribution in [3.05, 3.63) is 67.3 Å². The standard InChI is InChI=1S/C24H29N5O2S/c1-4-16-29-23(19-11-13-21(31-3)14-12-19)26-27-24(29)32-18-22(30)25-15-8-17-28(2)20-9-6-5-7-10-20/h4-7,9-14H,1,8,15-18H2,2-3H3,(H,25,30). The molecule has 0 aliphatic heterocycles. The summed E-state index contributed by atoms with van der Waals surface area (Å²) in [6, 6.07) is 17.9. The van der Waals surface area contributed by atoms with Gasteiger partial charge in [0.15, 0.2) is 11.0 Å². The fourth-order valence-electron chi connectivity index (χ4n) is 3.18. The highest BCUT2D eigenvalue weighted by Crippen LogP contribution is 2.25. The molecule has 1 aromatic heterocycles. The Kier molecular flexibility index (Phi) is 8.74. The zero-order valence-corrected chi connectivity index (χ0v) is 19.3. The van der Waals surface area contributed by atoms with Crippen LogP contribution in [0.4, 0.5) is 5.69 Å². The minimum atomic E-state index is -0.0171. The van der Waals surface area contributed by atoms with Gasteiger partial charge in [-0.2, -0.15) is 0 Å². The number of aromatic nitrogens is 3. The predicted molar refractivity (Wildman–Crippen MR) is 130 cm³/mol. The van der Waals surface area contributed by atoms with E-state index in [2.05, 4.69) is 46.2 Å². The highest BCUT2D eigenvalue weighted by molar-refractivity contribution is 7.99. The minimum Gasteiger partial charge on any atom is -0.497 e. The van der Waals surface area contributed by atoms with Crippen LogP contribution in [0.3, 0.4) is 0 Å². The number of para-hydroxylation sites is 1. The van der Waals surface area contributed by atoms with Crippen molar-refractivity contribution in [1.29, 1.82) is 0 Å². The topological polar surface area (TPSA) is 72.3 Å². The number of amides is 1. The Labute approximate surface area is 193 Å². The SMILES string of the molecule is C=CCn1c(SCC(=O)NCCCN(C)c2ccccc2)nnc1-c1ccc(OC)cc1. The molecule has 1 heterocycles. The highest BCUT2D eigenvalue weighted by Gasteiger charge is 2.15. The Morgan fingerprint density at radius 2 is 1.94 bits per heavy atom. The van der Waals surface area contributed by atoms with Crippen LogP contribution in [0.15, 0.2) is 72.4 Å². The van der Waals surface area contributed by atoms with E-state index in [1.807, 2.05) is 47.0 Å². The number of hydrogen-bond donors (Lipinski definition) is 1. The lowest BCUT2D eigenvalue weighted by Gasteiger charge is -2.19. The molecule has 0 atom stereocenters. The van der Waals surface area contributed by atoms with E-state index in [4.69, 9.17) is 4.74 Å². The summed E-state index contributed by atoms with van der Waals surface area (Å²) < 4.78 is 7.18. The third kappa shape index (κ3) is 6.37. The first-order chi connectivity index (χ1) is 15.6. The third-order valence-corrected chi connectivity index (χ3v) is 5.87. The van der Waals surface area contributed by atoms with E-state index < -0.39 is 0 Å². The molecule has 3 rings (SSSR count). The number of carbonyl (C=O) groups excluding carboxylic acids is 1. The number of carbonyl (C=O) groups is 1. The van der Waals surface area contributed by atoms with Crippen molar-refractivity contribution in [3.8, 4) is 17.1 Å². The first kappa shape index (κ1) is 23.4. The van der Waals surface area contributed by atoms with Gasteiger partial charge in [0.25, 0.3) is 0 Å². The number of thioether (sulfide) groups is 1. The number of allylic oxidation sites excluding steroid dienone is 1. The maximum atomic E-state index is 12.3. The summed E-state index contributed by atoms with van der Waals surface area (Å²) >= 11 is 1.37. The van der Waals surface area contributed by atoms with Crippen LogP contribution >= 0.6 is 11.8 Å². The lowest BCUT2D eigenvalue weighted by atomic mass is 10.2. The average molecular weight is 452 g/mol. The van der Waals surface area contributed by atoms with Crippen LogP contribution < -0.4 is 15.0 Å². The quantitative estimate of drug-likeness (QED) is 0.256. The molecule has 3 aromatic rings. The summed E-state index contributed by atoms with van der Waals surface area (Å²) in [5.41, 5.74) is 2.10. The Bertz CT molecular complexity index is 1000. The summed E-state index contributed by atoms with van der Waals surface area (Å²) in [6.45, 7) is 5.89. The van der Waals surface area contributed by atoms with Crippen LogP contribution in [0.5, 0.6) is 5.75 Å². The lowest BCUT2D eigenvalue weighted by Crippen LogP contribution is -2.29. The van der Waals surface area contributed by atoms with Crippen LogP contribution in [0.1, 0.15) is 6.42 Å². The van der Waals surface area contributed by atoms with Gasteiger partial charge in [-0.15, -0.1) is 16.8 Å². The number of ether oxygens (including phenoxy) is 1. The van der Waals surface area contributed by atoms with Crippen LogP contribution in [0.25, 0.3) is 11.4 Å². The molecule has 0 radical (unpaired) electrons. The van der Waals surface area contributed by atoms with Gasteiger partial charge < -0.3 is 15.0 Å². The number of methoxy groups -OCH3 is 1. The summed E-state index contributed by atoms with van der Waals surface area (Å²) in [5.74, 6) is 1.78. The summed E-state index contributed by atoms with van der Waals surface area (Å²) in [7, 11) is 3.69. The first-order valence-corrected chi connectivity index (χ1v) is 11.4. The van der Waals surface area contributed by atoms with Crippen molar-refractivity contribution in [3.63, 3.8) is 0 Å². The lowest BCUT2D eigenvalue weighted by molar-refractivity contribution is -0.118. The van der Waals surface area contributed by atoms with E-state index in [1.165, 1.54) is 17.4 Å². The van der Waals surface area contributed by atoms with E-state index in [0.717, 1.165) is 30.1 Å². The summed E-state index contributed by atoms with van der Waals surface area (Å²) in [4.78, 5) is 14.5. The molecule has 0 spiro atoms. The van der Waals surface area contributed by atoms with Gasteiger partial charge in [0.2, 0.25) is 5.91 Å². The van der Waals surface area contributed by atoms with Crippen LogP contribution in [0.2, 0.25) is 0 Å². The maximum absolute atomic E-state index is 12.3. The molecule has 0 aliphatic rings. The van der Waals surface area contributed by atoms with Gasteiger partial charge in [-0.25, -0.2) is 0 Å². The molecule has 7 nitrogen and oxygen atoms in total. The zero-order chi connectivity index (χ0) is 22.8. The summed E-state index contributed by atoms with van der Waals surface area (Å²) in [5, 5.41) is 12.3. The molecule has 2 aromatic carbocycles. The van der Waals surface area contributed by atoms with Gasteiger partial charge in [0, 0.05) is 37.9 Å². The van der Waals surface area contributed by atoms with Crippen molar-refractivity contribution < 1.29 is 9.53 Å². The van der Waals surface area contributed by atoms with Gasteiger partial charge in [-0.05, 0) is 42.8 Å². The average Bonchev–Trinajstić information content (AvgIpc) is 3.23. The van der Waals surface area contributed by atoms with Crippen molar-refractivity contribution >= 4 is 23.4 Å². The smallest absolute Gasteiger partial charge is 0.230 e. The van der Waals surface area contributed by atoms with E-state index >= 15 is 0 Å². The van der Waals surface area contributed by atoms with Gasteiger partial charge in [-0.1, -0.05) is 36.0 Å². The second-order valence-corrected chi connectivity index (χ2v) is 8.13. The molecule has 1 N–H and O–H groups in total. The second kappa shape index (κ2) is 12.0. The minimum absolute atomic E-state index is 0.0171. The number of anilines is 1. The normalized spacial score (nSPS) is 10.6. The number of nitrogens with zero attached hydrogens (tertiary/aromatic N) is 4. The van der Waals surface area contributed by atoms with E-state index in [0.29, 0.717) is 18.2 Å². The molecule has 0 bridgehead atoms. The fourth-order valence-corrected chi connectivity index (χ4v) is 3.96. The fraction of sp³-hybridized carbons (Fsp3) is 0.292. The highest BCUT2D eigenvalue weighted by atomic mass is 32.2. The Morgan fingerprint density at radius 1 is 1.19 bits per heavy atom. The number of benzene rings is 2. The van der Waals surface area contributed by atoms with E-state index in [1.54, 1.807) is 13.2 Å². The second-order valence-electron chi connectivity index (χ2n) is 7.18. The van der Waals surface area contributed by atoms with E-state index in [-0.39, 0.29) is 11.7 Å². The Hall–Kier alpha value is -3.26. The van der Waals surface area contributed by atoms with Crippen LogP contribution in [-0.4, -0.2) is 53.7 Å². The van der Waals surface area contributed by atoms with Crippen molar-refractivity contribution in [2.75, 3.05) is 37.9 Å². The Balaban J connectivity index is 1.49. The molecule has 0 aliphatic carbocycles.